The summed E-state index contributed by atoms with van der Waals surface area (Å²) < 4.78 is 1.86. The van der Waals surface area contributed by atoms with Gasteiger partial charge in [0.25, 0.3) is 0 Å². The molecule has 2 atom stereocenters. The third-order valence-corrected chi connectivity index (χ3v) is 5.43. The Balaban J connectivity index is 1.40. The molecule has 2 amide bonds. The molecule has 1 N–H and O–H groups in total. The van der Waals surface area contributed by atoms with Crippen LogP contribution in [0.15, 0.2) is 42.7 Å². The van der Waals surface area contributed by atoms with Gasteiger partial charge in [-0.05, 0) is 24.5 Å². The predicted molar refractivity (Wildman–Crippen MR) is 106 cm³/mol. The molecule has 4 rings (SSSR count). The van der Waals surface area contributed by atoms with Crippen molar-refractivity contribution >= 4 is 11.8 Å². The highest BCUT2D eigenvalue weighted by Gasteiger charge is 2.43. The molecule has 3 heterocycles. The Bertz CT molecular complexity index is 847. The lowest BCUT2D eigenvalue weighted by molar-refractivity contribution is -0.153. The zero-order valence-electron chi connectivity index (χ0n) is 16.4. The number of carbonyl (C=O) groups excluding carboxylic acids is 2. The van der Waals surface area contributed by atoms with Crippen molar-refractivity contribution in [2.24, 2.45) is 5.92 Å². The van der Waals surface area contributed by atoms with Gasteiger partial charge in [0, 0.05) is 37.9 Å². The summed E-state index contributed by atoms with van der Waals surface area (Å²) in [6.07, 6.45) is 4.58. The summed E-state index contributed by atoms with van der Waals surface area (Å²) in [4.78, 5) is 29.3. The van der Waals surface area contributed by atoms with E-state index in [0.29, 0.717) is 32.0 Å². The minimum Gasteiger partial charge on any atom is -0.342 e. The molecule has 2 aromatic rings. The fraction of sp³-hybridized carbons (Fsp3) is 0.476. The van der Waals surface area contributed by atoms with Crippen LogP contribution in [0.3, 0.4) is 0 Å². The van der Waals surface area contributed by atoms with Crippen LogP contribution in [0.2, 0.25) is 0 Å². The van der Waals surface area contributed by atoms with Gasteiger partial charge in [0.15, 0.2) is 0 Å². The number of fused-ring (bicyclic) bond motifs is 1. The van der Waals surface area contributed by atoms with Gasteiger partial charge in [0.2, 0.25) is 11.8 Å². The Hall–Kier alpha value is -2.67. The van der Waals surface area contributed by atoms with Crippen molar-refractivity contribution in [2.45, 2.75) is 38.9 Å². The monoisotopic (exact) mass is 381 g/mol. The molecule has 28 heavy (non-hydrogen) atoms. The Morgan fingerprint density at radius 1 is 1.18 bits per heavy atom. The van der Waals surface area contributed by atoms with Gasteiger partial charge in [-0.25, -0.2) is 4.68 Å². The molecule has 0 spiro atoms. The third kappa shape index (κ3) is 3.80. The topological polar surface area (TPSA) is 70.5 Å². The molecule has 7 nitrogen and oxygen atoms in total. The molecular formula is C21H27N5O2. The molecule has 7 heteroatoms. The number of rotatable bonds is 5. The standard InChI is InChI=1S/C21H27N5O2/c1-15(2)10-18-21(28)25-9-8-24(14-19(25)20(27)23-18)12-16-11-22-26(13-16)17-6-4-3-5-7-17/h3-7,11,13,15,18-19H,8-10,12,14H2,1-2H3,(H,23,27)/t18-,19-/m1/s1. The highest BCUT2D eigenvalue weighted by molar-refractivity contribution is 5.97. The molecule has 2 saturated heterocycles. The number of benzene rings is 1. The van der Waals surface area contributed by atoms with E-state index in [4.69, 9.17) is 0 Å². The van der Waals surface area contributed by atoms with Crippen molar-refractivity contribution in [1.82, 2.24) is 24.9 Å². The zero-order valence-corrected chi connectivity index (χ0v) is 16.4. The second kappa shape index (κ2) is 7.75. The average Bonchev–Trinajstić information content (AvgIpc) is 3.15. The van der Waals surface area contributed by atoms with Gasteiger partial charge in [-0.15, -0.1) is 0 Å². The molecule has 0 unspecified atom stereocenters. The van der Waals surface area contributed by atoms with E-state index in [0.717, 1.165) is 17.8 Å². The minimum atomic E-state index is -0.395. The van der Waals surface area contributed by atoms with E-state index in [1.54, 1.807) is 4.90 Å². The van der Waals surface area contributed by atoms with Crippen LogP contribution in [0.4, 0.5) is 0 Å². The number of piperazine rings is 2. The smallest absolute Gasteiger partial charge is 0.245 e. The molecule has 0 saturated carbocycles. The normalized spacial score (nSPS) is 23.0. The first kappa shape index (κ1) is 18.7. The molecule has 1 aromatic carbocycles. The summed E-state index contributed by atoms with van der Waals surface area (Å²) in [6, 6.07) is 9.22. The van der Waals surface area contributed by atoms with Gasteiger partial charge in [-0.2, -0.15) is 5.10 Å². The van der Waals surface area contributed by atoms with E-state index in [2.05, 4.69) is 29.2 Å². The maximum Gasteiger partial charge on any atom is 0.245 e. The Morgan fingerprint density at radius 2 is 1.96 bits per heavy atom. The number of hydrogen-bond donors (Lipinski definition) is 1. The summed E-state index contributed by atoms with van der Waals surface area (Å²) in [5, 5.41) is 7.38. The summed E-state index contributed by atoms with van der Waals surface area (Å²) in [5.74, 6) is 0.401. The van der Waals surface area contributed by atoms with E-state index in [1.807, 2.05) is 47.4 Å². The molecule has 2 fully saturated rings. The highest BCUT2D eigenvalue weighted by Crippen LogP contribution is 2.21. The minimum absolute atomic E-state index is 0.0325. The fourth-order valence-electron chi connectivity index (χ4n) is 4.05. The van der Waals surface area contributed by atoms with Crippen molar-refractivity contribution < 1.29 is 9.59 Å². The van der Waals surface area contributed by atoms with Crippen molar-refractivity contribution in [2.75, 3.05) is 19.6 Å². The van der Waals surface area contributed by atoms with Crippen molar-refractivity contribution in [3.8, 4) is 5.69 Å². The number of nitrogens with zero attached hydrogens (tertiary/aromatic N) is 4. The lowest BCUT2D eigenvalue weighted by Gasteiger charge is -2.45. The van der Waals surface area contributed by atoms with Gasteiger partial charge in [-0.1, -0.05) is 32.0 Å². The quantitative estimate of drug-likeness (QED) is 0.851. The van der Waals surface area contributed by atoms with Gasteiger partial charge < -0.3 is 10.2 Å². The van der Waals surface area contributed by atoms with Crippen LogP contribution in [-0.4, -0.2) is 63.1 Å². The maximum atomic E-state index is 12.7. The zero-order chi connectivity index (χ0) is 19.7. The fourth-order valence-corrected chi connectivity index (χ4v) is 4.05. The Labute approximate surface area is 165 Å². The van der Waals surface area contributed by atoms with Gasteiger partial charge >= 0.3 is 0 Å². The number of para-hydroxylation sites is 1. The molecule has 2 aliphatic rings. The Morgan fingerprint density at radius 3 is 2.71 bits per heavy atom. The molecule has 2 aliphatic heterocycles. The maximum absolute atomic E-state index is 12.7. The van der Waals surface area contributed by atoms with Crippen molar-refractivity contribution in [1.29, 1.82) is 0 Å². The van der Waals surface area contributed by atoms with E-state index < -0.39 is 6.04 Å². The summed E-state index contributed by atoms with van der Waals surface area (Å²) in [6.45, 7) is 6.77. The molecule has 1 aromatic heterocycles. The van der Waals surface area contributed by atoms with E-state index in [1.165, 1.54) is 0 Å². The van der Waals surface area contributed by atoms with Crippen molar-refractivity contribution in [3.05, 3.63) is 48.3 Å². The molecule has 0 radical (unpaired) electrons. The van der Waals surface area contributed by atoms with Crippen LogP contribution >= 0.6 is 0 Å². The second-order valence-electron chi connectivity index (χ2n) is 8.10. The van der Waals surface area contributed by atoms with E-state index >= 15 is 0 Å². The van der Waals surface area contributed by atoms with Crippen LogP contribution < -0.4 is 5.32 Å². The Kier molecular flexibility index (Phi) is 5.17. The van der Waals surface area contributed by atoms with Gasteiger partial charge in [0.05, 0.1) is 11.9 Å². The lowest BCUT2D eigenvalue weighted by Crippen LogP contribution is -2.69. The number of aromatic nitrogens is 2. The van der Waals surface area contributed by atoms with Gasteiger partial charge in [-0.3, -0.25) is 14.5 Å². The van der Waals surface area contributed by atoms with E-state index in [-0.39, 0.29) is 17.9 Å². The molecule has 0 bridgehead atoms. The highest BCUT2D eigenvalue weighted by atomic mass is 16.2. The number of nitrogens with one attached hydrogen (secondary N) is 1. The lowest BCUT2D eigenvalue weighted by atomic mass is 9.97. The van der Waals surface area contributed by atoms with Crippen LogP contribution in [0.25, 0.3) is 5.69 Å². The number of carbonyl (C=O) groups is 2. The first-order chi connectivity index (χ1) is 13.5. The van der Waals surface area contributed by atoms with Crippen LogP contribution in [-0.2, 0) is 16.1 Å². The summed E-state index contributed by atoms with van der Waals surface area (Å²) in [7, 11) is 0. The first-order valence-corrected chi connectivity index (χ1v) is 9.93. The van der Waals surface area contributed by atoms with Crippen LogP contribution in [0.5, 0.6) is 0 Å². The second-order valence-corrected chi connectivity index (χ2v) is 8.10. The molecule has 0 aliphatic carbocycles. The number of hydrogen-bond acceptors (Lipinski definition) is 4. The van der Waals surface area contributed by atoms with Crippen molar-refractivity contribution in [3.63, 3.8) is 0 Å². The largest absolute Gasteiger partial charge is 0.342 e. The average molecular weight is 381 g/mol. The molecular weight excluding hydrogens is 354 g/mol. The van der Waals surface area contributed by atoms with Gasteiger partial charge in [0.1, 0.15) is 12.1 Å². The van der Waals surface area contributed by atoms with E-state index in [9.17, 15) is 9.59 Å². The number of amides is 2. The molecule has 148 valence electrons. The SMILES string of the molecule is CC(C)C[C@H]1NC(=O)[C@H]2CN(Cc3cnn(-c4ccccc4)c3)CCN2C1=O. The first-order valence-electron chi connectivity index (χ1n) is 9.93. The predicted octanol–water partition coefficient (Wildman–Crippen LogP) is 1.43. The third-order valence-electron chi connectivity index (χ3n) is 5.43. The van der Waals surface area contributed by atoms with Crippen LogP contribution in [0.1, 0.15) is 25.8 Å². The summed E-state index contributed by atoms with van der Waals surface area (Å²) in [5.41, 5.74) is 2.12. The van der Waals surface area contributed by atoms with Crippen LogP contribution in [0, 0.1) is 5.92 Å². The summed E-state index contributed by atoms with van der Waals surface area (Å²) >= 11 is 0.